The highest BCUT2D eigenvalue weighted by Gasteiger charge is 2.20. The number of imidazole rings is 1. The number of aromatic nitrogens is 2. The number of hydrogen-bond acceptors (Lipinski definition) is 3. The Hall–Kier alpha value is -2.17. The minimum Gasteiger partial charge on any atom is -0.372 e. The minimum absolute atomic E-state index is 0.356. The van der Waals surface area contributed by atoms with Crippen LogP contribution in [0.2, 0.25) is 0 Å². The second-order valence-corrected chi connectivity index (χ2v) is 6.53. The molecule has 0 bridgehead atoms. The highest BCUT2D eigenvalue weighted by Crippen LogP contribution is 2.20. The molecule has 24 heavy (non-hydrogen) atoms. The van der Waals surface area contributed by atoms with E-state index in [0.29, 0.717) is 12.7 Å². The van der Waals surface area contributed by atoms with Gasteiger partial charge in [0.1, 0.15) is 0 Å². The van der Waals surface area contributed by atoms with Crippen LogP contribution in [0.5, 0.6) is 0 Å². The van der Waals surface area contributed by atoms with Crippen LogP contribution in [0.3, 0.4) is 0 Å². The van der Waals surface area contributed by atoms with Gasteiger partial charge in [0.2, 0.25) is 0 Å². The molecule has 0 spiro atoms. The van der Waals surface area contributed by atoms with Crippen LogP contribution in [0.15, 0.2) is 55.0 Å². The van der Waals surface area contributed by atoms with E-state index in [1.807, 2.05) is 6.20 Å². The van der Waals surface area contributed by atoms with Gasteiger partial charge in [-0.1, -0.05) is 36.4 Å². The molecule has 1 aliphatic heterocycles. The van der Waals surface area contributed by atoms with Crippen LogP contribution in [-0.2, 0) is 17.9 Å². The number of nitrogens with zero attached hydrogens (tertiary/aromatic N) is 2. The molecule has 1 aromatic heterocycles. The number of H-pyrrole nitrogens is 1. The zero-order valence-electron chi connectivity index (χ0n) is 13.8. The topological polar surface area (TPSA) is 41.1 Å². The summed E-state index contributed by atoms with van der Waals surface area (Å²) in [5, 5.41) is 2.64. The third-order valence-electron chi connectivity index (χ3n) is 4.78. The first-order valence-electron chi connectivity index (χ1n) is 8.66. The van der Waals surface area contributed by atoms with Crippen LogP contribution in [0.4, 0.5) is 0 Å². The monoisotopic (exact) mass is 321 g/mol. The summed E-state index contributed by atoms with van der Waals surface area (Å²) in [7, 11) is 0. The molecule has 4 nitrogen and oxygen atoms in total. The van der Waals surface area contributed by atoms with E-state index in [-0.39, 0.29) is 0 Å². The average molecular weight is 321 g/mol. The maximum absolute atomic E-state index is 5.97. The number of rotatable bonds is 5. The van der Waals surface area contributed by atoms with E-state index < -0.39 is 0 Å². The molecule has 0 amide bonds. The van der Waals surface area contributed by atoms with E-state index in [0.717, 1.165) is 38.2 Å². The Morgan fingerprint density at radius 2 is 1.92 bits per heavy atom. The Balaban J connectivity index is 1.29. The maximum Gasteiger partial charge on any atom is 0.0924 e. The summed E-state index contributed by atoms with van der Waals surface area (Å²) in [4.78, 5) is 9.70. The van der Waals surface area contributed by atoms with Crippen molar-refractivity contribution in [3.63, 3.8) is 0 Å². The van der Waals surface area contributed by atoms with E-state index >= 15 is 0 Å². The average Bonchev–Trinajstić information content (AvgIpc) is 3.15. The highest BCUT2D eigenvalue weighted by atomic mass is 16.5. The fraction of sp³-hybridized carbons (Fsp3) is 0.350. The quantitative estimate of drug-likeness (QED) is 0.778. The first-order valence-corrected chi connectivity index (χ1v) is 8.66. The van der Waals surface area contributed by atoms with Gasteiger partial charge in [-0.25, -0.2) is 4.98 Å². The van der Waals surface area contributed by atoms with Gasteiger partial charge < -0.3 is 9.72 Å². The van der Waals surface area contributed by atoms with Crippen molar-refractivity contribution in [2.75, 3.05) is 13.1 Å². The van der Waals surface area contributed by atoms with Crippen LogP contribution >= 0.6 is 0 Å². The van der Waals surface area contributed by atoms with Crippen molar-refractivity contribution in [3.05, 3.63) is 66.2 Å². The number of hydrogen-bond donors (Lipinski definition) is 1. The molecule has 2 aromatic carbocycles. The van der Waals surface area contributed by atoms with Gasteiger partial charge in [0, 0.05) is 25.8 Å². The third kappa shape index (κ3) is 3.66. The molecular weight excluding hydrogens is 298 g/mol. The van der Waals surface area contributed by atoms with Crippen molar-refractivity contribution < 1.29 is 4.74 Å². The molecule has 0 saturated carbocycles. The summed E-state index contributed by atoms with van der Waals surface area (Å²) in [6.07, 6.45) is 6.14. The lowest BCUT2D eigenvalue weighted by atomic mass is 10.0. The first-order chi connectivity index (χ1) is 11.9. The summed E-state index contributed by atoms with van der Waals surface area (Å²) in [6, 6.07) is 15.3. The summed E-state index contributed by atoms with van der Waals surface area (Å²) in [5.74, 6) is 0. The molecule has 3 aromatic rings. The molecule has 0 radical (unpaired) electrons. The van der Waals surface area contributed by atoms with Gasteiger partial charge in [-0.2, -0.15) is 0 Å². The summed E-state index contributed by atoms with van der Waals surface area (Å²) >= 11 is 0. The molecule has 0 atom stereocenters. The van der Waals surface area contributed by atoms with Crippen molar-refractivity contribution in [2.24, 2.45) is 0 Å². The van der Waals surface area contributed by atoms with Gasteiger partial charge in [0.15, 0.2) is 0 Å². The summed E-state index contributed by atoms with van der Waals surface area (Å²) in [6.45, 7) is 3.83. The van der Waals surface area contributed by atoms with Crippen molar-refractivity contribution in [3.8, 4) is 0 Å². The van der Waals surface area contributed by atoms with Crippen LogP contribution in [-0.4, -0.2) is 34.1 Å². The van der Waals surface area contributed by atoms with E-state index in [1.54, 1.807) is 6.33 Å². The van der Waals surface area contributed by atoms with Gasteiger partial charge >= 0.3 is 0 Å². The standard InChI is InChI=1S/C20H23N3O/c1-2-4-18-11-16(5-6-17(18)3-1)13-23-9-7-20(8-10-23)24-14-19-12-21-15-22-19/h1-6,11-12,15,20H,7-10,13-14H2,(H,21,22). The van der Waals surface area contributed by atoms with E-state index in [2.05, 4.69) is 57.3 Å². The predicted octanol–water partition coefficient (Wildman–Crippen LogP) is 3.74. The van der Waals surface area contributed by atoms with Gasteiger partial charge in [0.05, 0.1) is 24.7 Å². The molecule has 4 rings (SSSR count). The lowest BCUT2D eigenvalue weighted by Crippen LogP contribution is -2.36. The number of piperidine rings is 1. The number of benzene rings is 2. The second-order valence-electron chi connectivity index (χ2n) is 6.53. The molecule has 1 N–H and O–H groups in total. The van der Waals surface area contributed by atoms with E-state index in [1.165, 1.54) is 16.3 Å². The largest absolute Gasteiger partial charge is 0.372 e. The Kier molecular flexibility index (Phi) is 4.58. The van der Waals surface area contributed by atoms with Crippen molar-refractivity contribution in [1.82, 2.24) is 14.9 Å². The SMILES string of the molecule is c1ccc2cc(CN3CCC(OCc4c[nH]cn4)CC3)ccc2c1. The second kappa shape index (κ2) is 7.16. The predicted molar refractivity (Wildman–Crippen MR) is 95.6 cm³/mol. The van der Waals surface area contributed by atoms with Crippen molar-refractivity contribution >= 4 is 10.8 Å². The number of ether oxygens (including phenoxy) is 1. The van der Waals surface area contributed by atoms with Gasteiger partial charge in [-0.15, -0.1) is 0 Å². The Bertz CT molecular complexity index is 776. The molecular formula is C20H23N3O. The zero-order valence-corrected chi connectivity index (χ0v) is 13.8. The minimum atomic E-state index is 0.356. The van der Waals surface area contributed by atoms with E-state index in [9.17, 15) is 0 Å². The molecule has 4 heteroatoms. The number of fused-ring (bicyclic) bond motifs is 1. The van der Waals surface area contributed by atoms with Crippen molar-refractivity contribution in [1.29, 1.82) is 0 Å². The van der Waals surface area contributed by atoms with Crippen LogP contribution in [0, 0.1) is 0 Å². The Morgan fingerprint density at radius 1 is 1.08 bits per heavy atom. The number of likely N-dealkylation sites (tertiary alicyclic amines) is 1. The number of nitrogens with one attached hydrogen (secondary N) is 1. The summed E-state index contributed by atoms with van der Waals surface area (Å²) < 4.78 is 5.97. The number of aromatic amines is 1. The lowest BCUT2D eigenvalue weighted by molar-refractivity contribution is -0.00510. The van der Waals surface area contributed by atoms with Gasteiger partial charge in [-0.05, 0) is 35.2 Å². The van der Waals surface area contributed by atoms with Crippen molar-refractivity contribution in [2.45, 2.75) is 32.1 Å². The fourth-order valence-electron chi connectivity index (χ4n) is 3.40. The molecule has 1 fully saturated rings. The molecule has 0 aliphatic carbocycles. The maximum atomic E-state index is 5.97. The lowest BCUT2D eigenvalue weighted by Gasteiger charge is -2.31. The Labute approximate surface area is 142 Å². The zero-order chi connectivity index (χ0) is 16.2. The fourth-order valence-corrected chi connectivity index (χ4v) is 3.40. The van der Waals surface area contributed by atoms with Crippen LogP contribution in [0.25, 0.3) is 10.8 Å². The molecule has 1 aliphatic rings. The third-order valence-corrected chi connectivity index (χ3v) is 4.78. The normalized spacial score (nSPS) is 16.7. The smallest absolute Gasteiger partial charge is 0.0924 e. The molecule has 1 saturated heterocycles. The molecule has 124 valence electrons. The molecule has 2 heterocycles. The van der Waals surface area contributed by atoms with Crippen LogP contribution in [0.1, 0.15) is 24.1 Å². The molecule has 0 unspecified atom stereocenters. The highest BCUT2D eigenvalue weighted by molar-refractivity contribution is 5.82. The Morgan fingerprint density at radius 3 is 2.71 bits per heavy atom. The van der Waals surface area contributed by atoms with Crippen LogP contribution < -0.4 is 0 Å². The van der Waals surface area contributed by atoms with Gasteiger partial charge in [0.25, 0.3) is 0 Å². The van der Waals surface area contributed by atoms with Gasteiger partial charge in [-0.3, -0.25) is 4.90 Å². The first kappa shape index (κ1) is 15.4. The summed E-state index contributed by atoms with van der Waals surface area (Å²) in [5.41, 5.74) is 2.37. The van der Waals surface area contributed by atoms with E-state index in [4.69, 9.17) is 4.74 Å².